The standard InChI is InChI=1S/C19H21N3O2S/c20-13-17-8-5-11-19(22-17)21-16-7-4-6-15(12-16)14-25(23,24)18-9-2-1-3-10-18/h4-8,11-12,18H,1-3,9-10,14H2,(H,21,22). The molecular weight excluding hydrogens is 334 g/mol. The van der Waals surface area contributed by atoms with Gasteiger partial charge in [-0.2, -0.15) is 5.26 Å². The highest BCUT2D eigenvalue weighted by atomic mass is 32.2. The van der Waals surface area contributed by atoms with Gasteiger partial charge in [-0.05, 0) is 42.7 Å². The van der Waals surface area contributed by atoms with Crippen LogP contribution < -0.4 is 5.32 Å². The average molecular weight is 355 g/mol. The van der Waals surface area contributed by atoms with Gasteiger partial charge in [-0.3, -0.25) is 0 Å². The first-order valence-electron chi connectivity index (χ1n) is 8.51. The summed E-state index contributed by atoms with van der Waals surface area (Å²) in [5, 5.41) is 11.8. The maximum Gasteiger partial charge on any atom is 0.157 e. The lowest BCUT2D eigenvalue weighted by molar-refractivity contribution is 0.483. The minimum Gasteiger partial charge on any atom is -0.340 e. The maximum absolute atomic E-state index is 12.6. The van der Waals surface area contributed by atoms with Gasteiger partial charge in [0.25, 0.3) is 0 Å². The molecule has 0 atom stereocenters. The van der Waals surface area contributed by atoms with E-state index in [-0.39, 0.29) is 11.0 Å². The molecule has 2 aromatic rings. The zero-order valence-electron chi connectivity index (χ0n) is 14.0. The summed E-state index contributed by atoms with van der Waals surface area (Å²) in [6, 6.07) is 14.5. The lowest BCUT2D eigenvalue weighted by atomic mass is 10.0. The second kappa shape index (κ2) is 7.66. The number of benzene rings is 1. The van der Waals surface area contributed by atoms with Gasteiger partial charge < -0.3 is 5.32 Å². The number of hydrogen-bond acceptors (Lipinski definition) is 5. The first-order valence-corrected chi connectivity index (χ1v) is 10.2. The number of aromatic nitrogens is 1. The fraction of sp³-hybridized carbons (Fsp3) is 0.368. The molecule has 1 aromatic carbocycles. The molecular formula is C19H21N3O2S. The predicted molar refractivity (Wildman–Crippen MR) is 98.2 cm³/mol. The second-order valence-electron chi connectivity index (χ2n) is 6.41. The molecule has 1 aromatic heterocycles. The molecule has 1 N–H and O–H groups in total. The highest BCUT2D eigenvalue weighted by molar-refractivity contribution is 7.91. The fourth-order valence-electron chi connectivity index (χ4n) is 3.23. The zero-order chi connectivity index (χ0) is 17.7. The van der Waals surface area contributed by atoms with Gasteiger partial charge >= 0.3 is 0 Å². The van der Waals surface area contributed by atoms with E-state index in [0.717, 1.165) is 43.4 Å². The molecule has 25 heavy (non-hydrogen) atoms. The first kappa shape index (κ1) is 17.4. The van der Waals surface area contributed by atoms with Crippen molar-refractivity contribution < 1.29 is 8.42 Å². The van der Waals surface area contributed by atoms with E-state index in [4.69, 9.17) is 5.26 Å². The minimum absolute atomic E-state index is 0.0683. The van der Waals surface area contributed by atoms with E-state index in [1.165, 1.54) is 0 Å². The van der Waals surface area contributed by atoms with E-state index in [0.29, 0.717) is 11.5 Å². The van der Waals surface area contributed by atoms with Gasteiger partial charge in [0.2, 0.25) is 0 Å². The van der Waals surface area contributed by atoms with Gasteiger partial charge in [-0.1, -0.05) is 37.5 Å². The predicted octanol–water partition coefficient (Wildman–Crippen LogP) is 3.94. The molecule has 1 saturated carbocycles. The van der Waals surface area contributed by atoms with Gasteiger partial charge in [0.15, 0.2) is 9.84 Å². The summed E-state index contributed by atoms with van der Waals surface area (Å²) >= 11 is 0. The molecule has 0 radical (unpaired) electrons. The highest BCUT2D eigenvalue weighted by Crippen LogP contribution is 2.27. The molecule has 1 fully saturated rings. The van der Waals surface area contributed by atoms with Gasteiger partial charge in [-0.15, -0.1) is 0 Å². The van der Waals surface area contributed by atoms with E-state index in [1.54, 1.807) is 18.2 Å². The van der Waals surface area contributed by atoms with Crippen LogP contribution >= 0.6 is 0 Å². The van der Waals surface area contributed by atoms with Gasteiger partial charge in [0.05, 0.1) is 11.0 Å². The van der Waals surface area contributed by atoms with Crippen molar-refractivity contribution in [2.75, 3.05) is 5.32 Å². The number of nitriles is 1. The third-order valence-electron chi connectivity index (χ3n) is 4.49. The SMILES string of the molecule is N#Cc1cccc(Nc2cccc(CS(=O)(=O)C3CCCCC3)c2)n1. The molecule has 3 rings (SSSR count). The Morgan fingerprint density at radius 3 is 2.64 bits per heavy atom. The Morgan fingerprint density at radius 2 is 1.88 bits per heavy atom. The largest absolute Gasteiger partial charge is 0.340 e. The van der Waals surface area contributed by atoms with Crippen LogP contribution in [0.1, 0.15) is 43.4 Å². The number of anilines is 2. The van der Waals surface area contributed by atoms with Crippen molar-refractivity contribution in [2.24, 2.45) is 0 Å². The summed E-state index contributed by atoms with van der Waals surface area (Å²) < 4.78 is 25.3. The molecule has 0 bridgehead atoms. The molecule has 1 aliphatic rings. The smallest absolute Gasteiger partial charge is 0.157 e. The van der Waals surface area contributed by atoms with E-state index >= 15 is 0 Å². The van der Waals surface area contributed by atoms with Crippen LogP contribution in [0.3, 0.4) is 0 Å². The van der Waals surface area contributed by atoms with Crippen LogP contribution in [0.2, 0.25) is 0 Å². The molecule has 0 amide bonds. The average Bonchev–Trinajstić information content (AvgIpc) is 2.62. The van der Waals surface area contributed by atoms with Crippen molar-refractivity contribution >= 4 is 21.3 Å². The monoisotopic (exact) mass is 355 g/mol. The normalized spacial score (nSPS) is 15.5. The number of nitrogens with one attached hydrogen (secondary N) is 1. The Balaban J connectivity index is 1.74. The van der Waals surface area contributed by atoms with Crippen molar-refractivity contribution in [1.29, 1.82) is 5.26 Å². The van der Waals surface area contributed by atoms with Crippen molar-refractivity contribution in [3.05, 3.63) is 53.7 Å². The number of nitrogens with zero attached hydrogens (tertiary/aromatic N) is 2. The van der Waals surface area contributed by atoms with Crippen LogP contribution in [-0.2, 0) is 15.6 Å². The van der Waals surface area contributed by atoms with Crippen LogP contribution in [0.5, 0.6) is 0 Å². The molecule has 1 heterocycles. The molecule has 6 heteroatoms. The first-order chi connectivity index (χ1) is 12.1. The second-order valence-corrected chi connectivity index (χ2v) is 8.69. The van der Waals surface area contributed by atoms with Gasteiger partial charge in [-0.25, -0.2) is 13.4 Å². The number of hydrogen-bond donors (Lipinski definition) is 1. The minimum atomic E-state index is -3.12. The number of rotatable bonds is 5. The van der Waals surface area contributed by atoms with Crippen LogP contribution in [0.4, 0.5) is 11.5 Å². The fourth-order valence-corrected chi connectivity index (χ4v) is 5.16. The van der Waals surface area contributed by atoms with Gasteiger partial charge in [0, 0.05) is 5.69 Å². The summed E-state index contributed by atoms with van der Waals surface area (Å²) in [4.78, 5) is 4.17. The quantitative estimate of drug-likeness (QED) is 0.878. The van der Waals surface area contributed by atoms with Crippen LogP contribution in [-0.4, -0.2) is 18.7 Å². The number of pyridine rings is 1. The van der Waals surface area contributed by atoms with Crippen molar-refractivity contribution in [1.82, 2.24) is 4.98 Å². The molecule has 0 saturated heterocycles. The summed E-state index contributed by atoms with van der Waals surface area (Å²) in [6.45, 7) is 0. The highest BCUT2D eigenvalue weighted by Gasteiger charge is 2.27. The van der Waals surface area contributed by atoms with Crippen molar-refractivity contribution in [3.8, 4) is 6.07 Å². The lowest BCUT2D eigenvalue weighted by Crippen LogP contribution is -2.25. The van der Waals surface area contributed by atoms with E-state index < -0.39 is 9.84 Å². The van der Waals surface area contributed by atoms with Crippen LogP contribution in [0, 0.1) is 11.3 Å². The summed E-state index contributed by atoms with van der Waals surface area (Å²) in [6.07, 6.45) is 4.72. The topological polar surface area (TPSA) is 82.9 Å². The Morgan fingerprint density at radius 1 is 1.12 bits per heavy atom. The Labute approximate surface area is 148 Å². The molecule has 0 unspecified atom stereocenters. The lowest BCUT2D eigenvalue weighted by Gasteiger charge is -2.21. The molecule has 1 aliphatic carbocycles. The van der Waals surface area contributed by atoms with E-state index in [9.17, 15) is 8.42 Å². The molecule has 0 spiro atoms. The van der Waals surface area contributed by atoms with Crippen LogP contribution in [0.25, 0.3) is 0 Å². The molecule has 5 nitrogen and oxygen atoms in total. The van der Waals surface area contributed by atoms with Gasteiger partial charge in [0.1, 0.15) is 17.6 Å². The summed E-state index contributed by atoms with van der Waals surface area (Å²) in [5.41, 5.74) is 1.87. The Hall–Kier alpha value is -2.39. The third-order valence-corrected chi connectivity index (χ3v) is 6.71. The zero-order valence-corrected chi connectivity index (χ0v) is 14.8. The maximum atomic E-state index is 12.6. The summed E-state index contributed by atoms with van der Waals surface area (Å²) in [5.74, 6) is 0.630. The van der Waals surface area contributed by atoms with Crippen LogP contribution in [0.15, 0.2) is 42.5 Å². The Kier molecular flexibility index (Phi) is 5.34. The molecule has 0 aliphatic heterocycles. The third kappa shape index (κ3) is 4.58. The van der Waals surface area contributed by atoms with Crippen molar-refractivity contribution in [3.63, 3.8) is 0 Å². The van der Waals surface area contributed by atoms with E-state index in [1.807, 2.05) is 30.3 Å². The van der Waals surface area contributed by atoms with E-state index in [2.05, 4.69) is 10.3 Å². The number of sulfone groups is 1. The molecule has 130 valence electrons. The summed E-state index contributed by atoms with van der Waals surface area (Å²) in [7, 11) is -3.12. The van der Waals surface area contributed by atoms with Crippen molar-refractivity contribution in [2.45, 2.75) is 43.1 Å². The Bertz CT molecular complexity index is 882.